The Morgan fingerprint density at radius 1 is 0.946 bits per heavy atom. The number of aliphatic hydroxyl groups is 1. The number of carbonyl (C=O) groups is 2. The third-order valence-electron chi connectivity index (χ3n) is 7.30. The van der Waals surface area contributed by atoms with Crippen LogP contribution in [0.3, 0.4) is 0 Å². The smallest absolute Gasteiger partial charge is 0.335 e. The van der Waals surface area contributed by atoms with Crippen LogP contribution in [0.5, 0.6) is 0 Å². The minimum atomic E-state index is -1.11. The Morgan fingerprint density at radius 3 is 2.19 bits per heavy atom. The molecular weight excluding hydrogens is 468 g/mol. The van der Waals surface area contributed by atoms with Crippen molar-refractivity contribution in [3.8, 4) is 0 Å². The second kappa shape index (κ2) is 11.9. The van der Waals surface area contributed by atoms with Crippen LogP contribution in [0.15, 0.2) is 47.6 Å². The molecule has 1 aliphatic carbocycles. The Kier molecular flexibility index (Phi) is 9.13. The first-order valence-corrected chi connectivity index (χ1v) is 13.2. The summed E-state index contributed by atoms with van der Waals surface area (Å²) in [5.74, 6) is -1.55. The quantitative estimate of drug-likeness (QED) is 0.141. The normalized spacial score (nSPS) is 17.0. The highest BCUT2D eigenvalue weighted by atomic mass is 16.7. The predicted molar refractivity (Wildman–Crippen MR) is 146 cm³/mol. The van der Waals surface area contributed by atoms with Crippen molar-refractivity contribution >= 4 is 23.3 Å². The van der Waals surface area contributed by atoms with Crippen molar-refractivity contribution in [1.82, 2.24) is 0 Å². The number of hydrogen-bond acceptors (Lipinski definition) is 5. The summed E-state index contributed by atoms with van der Waals surface area (Å²) < 4.78 is 0. The second-order valence-electron chi connectivity index (χ2n) is 11.2. The van der Waals surface area contributed by atoms with Gasteiger partial charge in [0.25, 0.3) is 5.91 Å². The Bertz CT molecular complexity index is 1140. The second-order valence-corrected chi connectivity index (χ2v) is 11.2. The highest BCUT2D eigenvalue weighted by molar-refractivity contribution is 6.48. The van der Waals surface area contributed by atoms with E-state index in [-0.39, 0.29) is 22.1 Å². The van der Waals surface area contributed by atoms with Crippen molar-refractivity contribution in [2.75, 3.05) is 5.32 Å². The molecule has 0 bridgehead atoms. The summed E-state index contributed by atoms with van der Waals surface area (Å²) in [6, 6.07) is 11.9. The number of nitrogens with one attached hydrogen (secondary N) is 1. The molecule has 2 aromatic rings. The molecule has 7 nitrogen and oxygen atoms in total. The van der Waals surface area contributed by atoms with Crippen LogP contribution in [0.2, 0.25) is 0 Å². The highest BCUT2D eigenvalue weighted by Crippen LogP contribution is 2.46. The van der Waals surface area contributed by atoms with Crippen molar-refractivity contribution in [1.29, 1.82) is 0 Å². The first-order valence-electron chi connectivity index (χ1n) is 13.2. The number of nitrogens with zero attached hydrogens (tertiary/aromatic N) is 1. The Morgan fingerprint density at radius 2 is 1.57 bits per heavy atom. The topological polar surface area (TPSA) is 108 Å². The molecular formula is C30H40N2O5. The molecule has 0 heterocycles. The van der Waals surface area contributed by atoms with Crippen LogP contribution in [0.25, 0.3) is 0 Å². The molecule has 0 saturated heterocycles. The predicted octanol–water partition coefficient (Wildman–Crippen LogP) is 6.38. The van der Waals surface area contributed by atoms with Crippen molar-refractivity contribution in [3.05, 3.63) is 64.7 Å². The number of aromatic carboxylic acids is 1. The van der Waals surface area contributed by atoms with Crippen LogP contribution in [0.1, 0.15) is 107 Å². The maximum atomic E-state index is 13.4. The van der Waals surface area contributed by atoms with Gasteiger partial charge in [-0.2, -0.15) is 0 Å². The number of hydrogen-bond donors (Lipinski definition) is 3. The summed E-state index contributed by atoms with van der Waals surface area (Å²) in [6.07, 6.45) is 5.41. The number of anilines is 1. The Hall–Kier alpha value is -3.19. The van der Waals surface area contributed by atoms with Gasteiger partial charge in [0, 0.05) is 17.7 Å². The molecule has 0 aliphatic heterocycles. The average molecular weight is 509 g/mol. The number of amides is 1. The fraction of sp³-hybridized carbons (Fsp3) is 0.500. The zero-order valence-corrected chi connectivity index (χ0v) is 22.6. The average Bonchev–Trinajstić information content (AvgIpc) is 2.85. The summed E-state index contributed by atoms with van der Waals surface area (Å²) >= 11 is 0. The van der Waals surface area contributed by atoms with E-state index in [9.17, 15) is 14.7 Å². The zero-order valence-electron chi connectivity index (χ0n) is 22.6. The highest BCUT2D eigenvalue weighted by Gasteiger charge is 2.37. The molecule has 2 aromatic carbocycles. The number of carboxylic acids is 1. The van der Waals surface area contributed by atoms with Gasteiger partial charge in [0.1, 0.15) is 0 Å². The molecule has 0 radical (unpaired) electrons. The van der Waals surface area contributed by atoms with Gasteiger partial charge >= 0.3 is 5.97 Å². The number of benzene rings is 2. The third-order valence-corrected chi connectivity index (χ3v) is 7.30. The van der Waals surface area contributed by atoms with Crippen LogP contribution in [-0.2, 0) is 20.5 Å². The van der Waals surface area contributed by atoms with Gasteiger partial charge in [0.2, 0.25) is 6.29 Å². The fourth-order valence-electron chi connectivity index (χ4n) is 4.76. The van der Waals surface area contributed by atoms with E-state index >= 15 is 0 Å². The van der Waals surface area contributed by atoms with E-state index in [4.69, 9.17) is 9.94 Å². The molecule has 1 amide bonds. The summed E-state index contributed by atoms with van der Waals surface area (Å²) in [5.41, 5.74) is 3.61. The van der Waals surface area contributed by atoms with Gasteiger partial charge in [0.15, 0.2) is 5.71 Å². The van der Waals surface area contributed by atoms with Crippen LogP contribution < -0.4 is 5.32 Å². The molecule has 1 unspecified atom stereocenters. The van der Waals surface area contributed by atoms with Gasteiger partial charge in [-0.05, 0) is 71.6 Å². The number of fused-ring (bicyclic) bond motifs is 1. The molecule has 3 rings (SSSR count). The molecule has 200 valence electrons. The lowest BCUT2D eigenvalue weighted by Crippen LogP contribution is -2.34. The SMILES string of the molecule is CCCCCCC(O)ON=C(C(=O)Nc1ccc(C(=O)O)cc1)c1ccc2c(c1)C(C)(C)CCC2(C)C. The lowest BCUT2D eigenvalue weighted by atomic mass is 9.63. The van der Waals surface area contributed by atoms with E-state index in [0.29, 0.717) is 17.7 Å². The molecule has 0 saturated carbocycles. The molecule has 37 heavy (non-hydrogen) atoms. The number of rotatable bonds is 11. The molecule has 0 spiro atoms. The number of carbonyl (C=O) groups excluding carboxylic acids is 1. The van der Waals surface area contributed by atoms with Crippen LogP contribution in [-0.4, -0.2) is 34.1 Å². The zero-order chi connectivity index (χ0) is 27.2. The standard InChI is InChI=1S/C30H40N2O5/c1-6-7-8-9-10-25(33)37-32-26(27(34)31-22-14-11-20(12-15-22)28(35)36)21-13-16-23-24(19-21)30(4,5)18-17-29(23,2)3/h11-16,19,25,33H,6-10,17-18H2,1-5H3,(H,31,34)(H,35,36). The third kappa shape index (κ3) is 7.19. The lowest BCUT2D eigenvalue weighted by Gasteiger charge is -2.42. The van der Waals surface area contributed by atoms with Crippen LogP contribution in [0, 0.1) is 0 Å². The summed E-state index contributed by atoms with van der Waals surface area (Å²) in [5, 5.41) is 26.4. The van der Waals surface area contributed by atoms with Gasteiger partial charge in [-0.1, -0.05) is 71.2 Å². The minimum absolute atomic E-state index is 0.0278. The fourth-order valence-corrected chi connectivity index (χ4v) is 4.76. The Labute approximate surface area is 219 Å². The van der Waals surface area contributed by atoms with Crippen molar-refractivity contribution < 1.29 is 24.6 Å². The Balaban J connectivity index is 1.92. The molecule has 0 aromatic heterocycles. The lowest BCUT2D eigenvalue weighted by molar-refractivity contribution is -0.113. The van der Waals surface area contributed by atoms with E-state index in [0.717, 1.165) is 38.5 Å². The number of aliphatic hydroxyl groups excluding tert-OH is 1. The molecule has 0 fully saturated rings. The van der Waals surface area contributed by atoms with E-state index in [1.54, 1.807) is 0 Å². The first kappa shape index (κ1) is 28.4. The molecule has 1 atom stereocenters. The van der Waals surface area contributed by atoms with Gasteiger partial charge < -0.3 is 20.4 Å². The number of carboxylic acid groups (broad SMARTS) is 1. The van der Waals surface area contributed by atoms with E-state index in [2.05, 4.69) is 51.2 Å². The monoisotopic (exact) mass is 508 g/mol. The van der Waals surface area contributed by atoms with Crippen molar-refractivity contribution in [2.45, 2.75) is 96.7 Å². The maximum Gasteiger partial charge on any atom is 0.335 e. The first-order chi connectivity index (χ1) is 17.4. The number of unbranched alkanes of at least 4 members (excludes halogenated alkanes) is 3. The van der Waals surface area contributed by atoms with Gasteiger partial charge in [-0.3, -0.25) is 4.79 Å². The molecule has 3 N–H and O–H groups in total. The summed E-state index contributed by atoms with van der Waals surface area (Å²) in [6.45, 7) is 11.0. The number of oxime groups is 1. The minimum Gasteiger partial charge on any atom is -0.478 e. The van der Waals surface area contributed by atoms with Crippen molar-refractivity contribution in [3.63, 3.8) is 0 Å². The van der Waals surface area contributed by atoms with E-state index in [1.807, 2.05) is 12.1 Å². The van der Waals surface area contributed by atoms with E-state index < -0.39 is 18.2 Å². The van der Waals surface area contributed by atoms with Gasteiger partial charge in [0.05, 0.1) is 5.56 Å². The van der Waals surface area contributed by atoms with Crippen molar-refractivity contribution in [2.24, 2.45) is 5.16 Å². The van der Waals surface area contributed by atoms with E-state index in [1.165, 1.54) is 35.4 Å². The van der Waals surface area contributed by atoms with Crippen LogP contribution >= 0.6 is 0 Å². The summed E-state index contributed by atoms with van der Waals surface area (Å²) in [7, 11) is 0. The molecule has 7 heteroatoms. The largest absolute Gasteiger partial charge is 0.478 e. The summed E-state index contributed by atoms with van der Waals surface area (Å²) in [4.78, 5) is 29.9. The maximum absolute atomic E-state index is 13.4. The van der Waals surface area contributed by atoms with Gasteiger partial charge in [-0.25, -0.2) is 4.79 Å². The van der Waals surface area contributed by atoms with Crippen LogP contribution in [0.4, 0.5) is 5.69 Å². The van der Waals surface area contributed by atoms with Gasteiger partial charge in [-0.15, -0.1) is 0 Å². The molecule has 1 aliphatic rings.